The Balaban J connectivity index is 1.93. The average molecular weight is 280 g/mol. The molecular weight excluding hydrogens is 255 g/mol. The minimum Gasteiger partial charge on any atom is -0.396 e. The van der Waals surface area contributed by atoms with Crippen LogP contribution in [-0.2, 0) is 0 Å². The highest BCUT2D eigenvalue weighted by Gasteiger charge is 2.31. The molecule has 1 aliphatic rings. The minimum atomic E-state index is -0.301. The molecule has 1 unspecified atom stereocenters. The van der Waals surface area contributed by atoms with Gasteiger partial charge in [0.05, 0.1) is 11.9 Å². The Bertz CT molecular complexity index is 396. The van der Waals surface area contributed by atoms with Crippen molar-refractivity contribution in [2.24, 2.45) is 5.41 Å². The van der Waals surface area contributed by atoms with Gasteiger partial charge in [0.2, 0.25) is 0 Å². The lowest BCUT2D eigenvalue weighted by Crippen LogP contribution is -2.38. The first-order valence-corrected chi connectivity index (χ1v) is 7.61. The number of pyridine rings is 1. The molecule has 1 heterocycles. The van der Waals surface area contributed by atoms with Crippen molar-refractivity contribution >= 4 is 0 Å². The lowest BCUT2D eigenvalue weighted by molar-refractivity contribution is 0.123. The SMILES string of the molecule is CC(NCC1(CCO)CCCCC1)c1ccc(F)cn1. The molecule has 0 spiro atoms. The van der Waals surface area contributed by atoms with Crippen molar-refractivity contribution in [1.29, 1.82) is 0 Å². The molecule has 112 valence electrons. The molecule has 1 atom stereocenters. The van der Waals surface area contributed by atoms with E-state index in [-0.39, 0.29) is 23.9 Å². The van der Waals surface area contributed by atoms with Gasteiger partial charge in [-0.05, 0) is 43.7 Å². The normalized spacial score (nSPS) is 19.8. The molecule has 2 rings (SSSR count). The van der Waals surface area contributed by atoms with E-state index in [4.69, 9.17) is 0 Å². The molecule has 0 radical (unpaired) electrons. The highest BCUT2D eigenvalue weighted by atomic mass is 19.1. The van der Waals surface area contributed by atoms with E-state index < -0.39 is 0 Å². The van der Waals surface area contributed by atoms with Crippen LogP contribution in [0.2, 0.25) is 0 Å². The third-order valence-electron chi connectivity index (χ3n) is 4.53. The number of aliphatic hydroxyl groups is 1. The molecule has 0 aromatic carbocycles. The van der Waals surface area contributed by atoms with E-state index >= 15 is 0 Å². The first-order chi connectivity index (χ1) is 9.65. The number of rotatable bonds is 6. The van der Waals surface area contributed by atoms with E-state index in [1.54, 1.807) is 6.07 Å². The van der Waals surface area contributed by atoms with E-state index in [2.05, 4.69) is 17.2 Å². The van der Waals surface area contributed by atoms with Crippen LogP contribution in [0.4, 0.5) is 4.39 Å². The summed E-state index contributed by atoms with van der Waals surface area (Å²) in [6.07, 6.45) is 8.31. The van der Waals surface area contributed by atoms with E-state index in [0.29, 0.717) is 0 Å². The maximum absolute atomic E-state index is 12.9. The molecular formula is C16H25FN2O. The summed E-state index contributed by atoms with van der Waals surface area (Å²) in [4.78, 5) is 4.12. The highest BCUT2D eigenvalue weighted by molar-refractivity contribution is 5.09. The molecule has 1 fully saturated rings. The van der Waals surface area contributed by atoms with Gasteiger partial charge in [-0.25, -0.2) is 4.39 Å². The van der Waals surface area contributed by atoms with E-state index in [1.807, 2.05) is 0 Å². The fourth-order valence-electron chi connectivity index (χ4n) is 3.17. The number of nitrogens with one attached hydrogen (secondary N) is 1. The van der Waals surface area contributed by atoms with Gasteiger partial charge in [0.15, 0.2) is 0 Å². The van der Waals surface area contributed by atoms with Gasteiger partial charge in [-0.15, -0.1) is 0 Å². The molecule has 4 heteroatoms. The van der Waals surface area contributed by atoms with Crippen LogP contribution in [0.25, 0.3) is 0 Å². The molecule has 1 saturated carbocycles. The zero-order chi connectivity index (χ0) is 14.4. The minimum absolute atomic E-state index is 0.105. The van der Waals surface area contributed by atoms with E-state index in [9.17, 15) is 9.50 Å². The monoisotopic (exact) mass is 280 g/mol. The van der Waals surface area contributed by atoms with E-state index in [1.165, 1.54) is 44.4 Å². The quantitative estimate of drug-likeness (QED) is 0.841. The molecule has 0 saturated heterocycles. The first-order valence-electron chi connectivity index (χ1n) is 7.61. The summed E-state index contributed by atoms with van der Waals surface area (Å²) in [6, 6.07) is 3.28. The van der Waals surface area contributed by atoms with Crippen molar-refractivity contribution in [3.8, 4) is 0 Å². The Morgan fingerprint density at radius 2 is 2.10 bits per heavy atom. The second-order valence-corrected chi connectivity index (χ2v) is 6.04. The summed E-state index contributed by atoms with van der Waals surface area (Å²) in [5.41, 5.74) is 1.09. The van der Waals surface area contributed by atoms with Gasteiger partial charge >= 0.3 is 0 Å². The fraction of sp³-hybridized carbons (Fsp3) is 0.688. The summed E-state index contributed by atoms with van der Waals surface area (Å²) in [7, 11) is 0. The van der Waals surface area contributed by atoms with Crippen LogP contribution >= 0.6 is 0 Å². The number of hydrogen-bond donors (Lipinski definition) is 2. The predicted octanol–water partition coefficient (Wildman–Crippen LogP) is 3.20. The topological polar surface area (TPSA) is 45.1 Å². The highest BCUT2D eigenvalue weighted by Crippen LogP contribution is 2.38. The standard InChI is InChI=1S/C16H25FN2O/c1-13(15-6-5-14(17)11-18-15)19-12-16(9-10-20)7-3-2-4-8-16/h5-6,11,13,19-20H,2-4,7-10,12H2,1H3. The molecule has 2 N–H and O–H groups in total. The summed E-state index contributed by atoms with van der Waals surface area (Å²) in [5, 5.41) is 12.8. The zero-order valence-corrected chi connectivity index (χ0v) is 12.2. The maximum atomic E-state index is 12.9. The van der Waals surface area contributed by atoms with Crippen LogP contribution in [-0.4, -0.2) is 23.2 Å². The number of aromatic nitrogens is 1. The molecule has 0 bridgehead atoms. The van der Waals surface area contributed by atoms with Crippen molar-refractivity contribution in [3.63, 3.8) is 0 Å². The number of aliphatic hydroxyl groups excluding tert-OH is 1. The first kappa shape index (κ1) is 15.4. The Kier molecular flexibility index (Phi) is 5.49. The third kappa shape index (κ3) is 4.00. The summed E-state index contributed by atoms with van der Waals surface area (Å²) in [5.74, 6) is -0.301. The predicted molar refractivity (Wildman–Crippen MR) is 77.8 cm³/mol. The Morgan fingerprint density at radius 3 is 2.70 bits per heavy atom. The molecule has 3 nitrogen and oxygen atoms in total. The number of hydrogen-bond acceptors (Lipinski definition) is 3. The van der Waals surface area contributed by atoms with Crippen molar-refractivity contribution < 1.29 is 9.50 Å². The second-order valence-electron chi connectivity index (χ2n) is 6.04. The summed E-state index contributed by atoms with van der Waals surface area (Å²) in [6.45, 7) is 3.20. The fourth-order valence-corrected chi connectivity index (χ4v) is 3.17. The lowest BCUT2D eigenvalue weighted by Gasteiger charge is -2.38. The second kappa shape index (κ2) is 7.14. The van der Waals surface area contributed by atoms with Crippen LogP contribution in [0, 0.1) is 11.2 Å². The van der Waals surface area contributed by atoms with Crippen molar-refractivity contribution in [2.75, 3.05) is 13.2 Å². The average Bonchev–Trinajstić information content (AvgIpc) is 2.47. The van der Waals surface area contributed by atoms with Crippen LogP contribution in [0.3, 0.4) is 0 Å². The van der Waals surface area contributed by atoms with Crippen LogP contribution in [0.15, 0.2) is 18.3 Å². The van der Waals surface area contributed by atoms with Gasteiger partial charge in [0.25, 0.3) is 0 Å². The van der Waals surface area contributed by atoms with Crippen molar-refractivity contribution in [3.05, 3.63) is 29.8 Å². The van der Waals surface area contributed by atoms with Crippen molar-refractivity contribution in [2.45, 2.75) is 51.5 Å². The van der Waals surface area contributed by atoms with Gasteiger partial charge in [-0.3, -0.25) is 4.98 Å². The molecule has 1 aromatic heterocycles. The summed E-state index contributed by atoms with van der Waals surface area (Å²) >= 11 is 0. The third-order valence-corrected chi connectivity index (χ3v) is 4.53. The molecule has 20 heavy (non-hydrogen) atoms. The van der Waals surface area contributed by atoms with Crippen LogP contribution in [0.5, 0.6) is 0 Å². The lowest BCUT2D eigenvalue weighted by atomic mass is 9.72. The van der Waals surface area contributed by atoms with Crippen molar-refractivity contribution in [1.82, 2.24) is 10.3 Å². The van der Waals surface area contributed by atoms with E-state index in [0.717, 1.165) is 18.7 Å². The van der Waals surface area contributed by atoms with Gasteiger partial charge in [0, 0.05) is 19.2 Å². The van der Waals surface area contributed by atoms with Gasteiger partial charge < -0.3 is 10.4 Å². The van der Waals surface area contributed by atoms with Gasteiger partial charge in [-0.1, -0.05) is 19.3 Å². The largest absolute Gasteiger partial charge is 0.396 e. The molecule has 0 amide bonds. The van der Waals surface area contributed by atoms with Gasteiger partial charge in [-0.2, -0.15) is 0 Å². The Morgan fingerprint density at radius 1 is 1.35 bits per heavy atom. The Labute approximate surface area is 120 Å². The van der Waals surface area contributed by atoms with Crippen LogP contribution < -0.4 is 5.32 Å². The molecule has 0 aliphatic heterocycles. The Hall–Kier alpha value is -1.00. The maximum Gasteiger partial charge on any atom is 0.141 e. The van der Waals surface area contributed by atoms with Gasteiger partial charge in [0.1, 0.15) is 5.82 Å². The number of nitrogens with zero attached hydrogens (tertiary/aromatic N) is 1. The summed E-state index contributed by atoms with van der Waals surface area (Å²) < 4.78 is 12.9. The van der Waals surface area contributed by atoms with Crippen LogP contribution in [0.1, 0.15) is 57.2 Å². The molecule has 1 aromatic rings. The smallest absolute Gasteiger partial charge is 0.141 e. The zero-order valence-electron chi connectivity index (χ0n) is 12.2. The molecule has 1 aliphatic carbocycles. The number of halogens is 1.